The van der Waals surface area contributed by atoms with E-state index in [1.54, 1.807) is 0 Å². The standard InChI is InChI=1S/C20H27NO4/c22-19(16-8-4-9-17(12-16)20(23)24)21(14-18-10-5-11-25-18)13-15-6-2-1-3-7-15/h1-3,6-7,16-18H,4-5,8-14H2,(H,23,24). The molecule has 1 saturated carbocycles. The number of amides is 1. The maximum Gasteiger partial charge on any atom is 0.306 e. The van der Waals surface area contributed by atoms with Crippen molar-refractivity contribution in [2.75, 3.05) is 13.2 Å². The second kappa shape index (κ2) is 8.48. The maximum absolute atomic E-state index is 13.1. The molecule has 1 N–H and O–H groups in total. The molecule has 1 aliphatic heterocycles. The van der Waals surface area contributed by atoms with E-state index in [9.17, 15) is 14.7 Å². The lowest BCUT2D eigenvalue weighted by Gasteiger charge is -2.32. The number of carboxylic acids is 1. The summed E-state index contributed by atoms with van der Waals surface area (Å²) in [6.07, 6.45) is 4.88. The third kappa shape index (κ3) is 4.82. The van der Waals surface area contributed by atoms with Crippen LogP contribution in [0, 0.1) is 11.8 Å². The molecule has 3 atom stereocenters. The Morgan fingerprint density at radius 3 is 2.52 bits per heavy atom. The first-order valence-corrected chi connectivity index (χ1v) is 9.30. The summed E-state index contributed by atoms with van der Waals surface area (Å²) in [5, 5.41) is 9.30. The SMILES string of the molecule is O=C(O)C1CCCC(C(=O)N(Cc2ccccc2)CC2CCCO2)C1. The van der Waals surface area contributed by atoms with Gasteiger partial charge in [0.25, 0.3) is 0 Å². The normalized spacial score (nSPS) is 26.3. The first kappa shape index (κ1) is 17.9. The van der Waals surface area contributed by atoms with Gasteiger partial charge in [0, 0.05) is 25.6 Å². The Morgan fingerprint density at radius 2 is 1.84 bits per heavy atom. The Morgan fingerprint density at radius 1 is 1.08 bits per heavy atom. The minimum atomic E-state index is -0.772. The number of benzene rings is 1. The van der Waals surface area contributed by atoms with Crippen LogP contribution in [0.25, 0.3) is 0 Å². The fraction of sp³-hybridized carbons (Fsp3) is 0.600. The van der Waals surface area contributed by atoms with Crippen LogP contribution in [0.15, 0.2) is 30.3 Å². The molecule has 2 aliphatic rings. The Kier molecular flexibility index (Phi) is 6.08. The summed E-state index contributed by atoms with van der Waals surface area (Å²) in [5.41, 5.74) is 1.10. The molecule has 1 aromatic carbocycles. The predicted molar refractivity (Wildman–Crippen MR) is 93.9 cm³/mol. The first-order valence-electron chi connectivity index (χ1n) is 9.30. The van der Waals surface area contributed by atoms with Crippen LogP contribution in [0.1, 0.15) is 44.1 Å². The van der Waals surface area contributed by atoms with E-state index in [1.165, 1.54) is 0 Å². The molecule has 136 valence electrons. The number of aliphatic carboxylic acids is 1. The van der Waals surface area contributed by atoms with E-state index in [1.807, 2.05) is 35.2 Å². The average Bonchev–Trinajstić information content (AvgIpc) is 3.14. The number of ether oxygens (including phenoxy) is 1. The molecule has 1 aromatic rings. The van der Waals surface area contributed by atoms with Crippen LogP contribution < -0.4 is 0 Å². The highest BCUT2D eigenvalue weighted by Crippen LogP contribution is 2.31. The van der Waals surface area contributed by atoms with Crippen LogP contribution in [0.4, 0.5) is 0 Å². The summed E-state index contributed by atoms with van der Waals surface area (Å²) in [6, 6.07) is 9.97. The van der Waals surface area contributed by atoms with E-state index in [0.29, 0.717) is 25.9 Å². The predicted octanol–water partition coefficient (Wildman–Crippen LogP) is 3.09. The summed E-state index contributed by atoms with van der Waals surface area (Å²) in [4.78, 5) is 26.3. The lowest BCUT2D eigenvalue weighted by Crippen LogP contribution is -2.42. The van der Waals surface area contributed by atoms with Gasteiger partial charge in [0.05, 0.1) is 12.0 Å². The van der Waals surface area contributed by atoms with Gasteiger partial charge in [-0.15, -0.1) is 0 Å². The van der Waals surface area contributed by atoms with Crippen LogP contribution in [0.2, 0.25) is 0 Å². The van der Waals surface area contributed by atoms with Crippen molar-refractivity contribution in [3.63, 3.8) is 0 Å². The van der Waals surface area contributed by atoms with Gasteiger partial charge in [-0.3, -0.25) is 9.59 Å². The highest BCUT2D eigenvalue weighted by molar-refractivity contribution is 5.80. The fourth-order valence-electron chi connectivity index (χ4n) is 3.97. The molecule has 0 aromatic heterocycles. The van der Waals surface area contributed by atoms with Crippen molar-refractivity contribution >= 4 is 11.9 Å². The molecule has 5 heteroatoms. The zero-order valence-corrected chi connectivity index (χ0v) is 14.6. The van der Waals surface area contributed by atoms with Gasteiger partial charge in [0.15, 0.2) is 0 Å². The molecule has 3 unspecified atom stereocenters. The molecule has 1 amide bonds. The molecule has 1 aliphatic carbocycles. The van der Waals surface area contributed by atoms with Crippen molar-refractivity contribution in [2.45, 2.75) is 51.2 Å². The smallest absolute Gasteiger partial charge is 0.306 e. The van der Waals surface area contributed by atoms with Crippen LogP contribution in [-0.4, -0.2) is 41.1 Å². The second-order valence-electron chi connectivity index (χ2n) is 7.24. The highest BCUT2D eigenvalue weighted by atomic mass is 16.5. The first-order chi connectivity index (χ1) is 12.1. The van der Waals surface area contributed by atoms with Gasteiger partial charge in [-0.25, -0.2) is 0 Å². The Bertz CT molecular complexity index is 583. The van der Waals surface area contributed by atoms with Crippen LogP contribution >= 0.6 is 0 Å². The van der Waals surface area contributed by atoms with Crippen molar-refractivity contribution in [3.05, 3.63) is 35.9 Å². The number of hydrogen-bond donors (Lipinski definition) is 1. The van der Waals surface area contributed by atoms with E-state index in [0.717, 1.165) is 37.9 Å². The lowest BCUT2D eigenvalue weighted by atomic mass is 9.80. The van der Waals surface area contributed by atoms with Crippen LogP contribution in [0.5, 0.6) is 0 Å². The van der Waals surface area contributed by atoms with E-state index < -0.39 is 5.97 Å². The third-order valence-electron chi connectivity index (χ3n) is 5.35. The van der Waals surface area contributed by atoms with Crippen LogP contribution in [0.3, 0.4) is 0 Å². The van der Waals surface area contributed by atoms with Crippen molar-refractivity contribution in [2.24, 2.45) is 11.8 Å². The zero-order valence-electron chi connectivity index (χ0n) is 14.6. The minimum Gasteiger partial charge on any atom is -0.481 e. The largest absolute Gasteiger partial charge is 0.481 e. The van der Waals surface area contributed by atoms with Crippen LogP contribution in [-0.2, 0) is 20.9 Å². The molecule has 1 saturated heterocycles. The lowest BCUT2D eigenvalue weighted by molar-refractivity contribution is -0.146. The topological polar surface area (TPSA) is 66.8 Å². The van der Waals surface area contributed by atoms with Crippen molar-refractivity contribution < 1.29 is 19.4 Å². The summed E-state index contributed by atoms with van der Waals surface area (Å²) < 4.78 is 5.73. The van der Waals surface area contributed by atoms with E-state index in [4.69, 9.17) is 4.74 Å². The second-order valence-corrected chi connectivity index (χ2v) is 7.24. The van der Waals surface area contributed by atoms with E-state index in [2.05, 4.69) is 0 Å². The number of carbonyl (C=O) groups excluding carboxylic acids is 1. The molecule has 5 nitrogen and oxygen atoms in total. The van der Waals surface area contributed by atoms with Crippen molar-refractivity contribution in [1.29, 1.82) is 0 Å². The number of rotatable bonds is 6. The van der Waals surface area contributed by atoms with Crippen molar-refractivity contribution in [3.8, 4) is 0 Å². The Labute approximate surface area is 149 Å². The average molecular weight is 345 g/mol. The number of nitrogens with zero attached hydrogens (tertiary/aromatic N) is 1. The summed E-state index contributed by atoms with van der Waals surface area (Å²) >= 11 is 0. The molecule has 25 heavy (non-hydrogen) atoms. The van der Waals surface area contributed by atoms with Gasteiger partial charge < -0.3 is 14.7 Å². The molecule has 1 heterocycles. The molecule has 2 fully saturated rings. The van der Waals surface area contributed by atoms with Gasteiger partial charge in [0.2, 0.25) is 5.91 Å². The molecule has 0 spiro atoms. The summed E-state index contributed by atoms with van der Waals surface area (Å²) in [6.45, 7) is 1.93. The zero-order chi connectivity index (χ0) is 17.6. The number of carboxylic acid groups (broad SMARTS) is 1. The summed E-state index contributed by atoms with van der Waals surface area (Å²) in [7, 11) is 0. The molecule has 0 bridgehead atoms. The maximum atomic E-state index is 13.1. The molecule has 3 rings (SSSR count). The van der Waals surface area contributed by atoms with Gasteiger partial charge in [-0.05, 0) is 37.7 Å². The van der Waals surface area contributed by atoms with Gasteiger partial charge >= 0.3 is 5.97 Å². The van der Waals surface area contributed by atoms with Gasteiger partial charge in [-0.2, -0.15) is 0 Å². The monoisotopic (exact) mass is 345 g/mol. The fourth-order valence-corrected chi connectivity index (χ4v) is 3.97. The Balaban J connectivity index is 1.70. The van der Waals surface area contributed by atoms with E-state index >= 15 is 0 Å². The van der Waals surface area contributed by atoms with Gasteiger partial charge in [-0.1, -0.05) is 36.8 Å². The van der Waals surface area contributed by atoms with E-state index in [-0.39, 0.29) is 23.8 Å². The van der Waals surface area contributed by atoms with Gasteiger partial charge in [0.1, 0.15) is 0 Å². The quantitative estimate of drug-likeness (QED) is 0.860. The Hall–Kier alpha value is -1.88. The molecular formula is C20H27NO4. The highest BCUT2D eigenvalue weighted by Gasteiger charge is 2.34. The van der Waals surface area contributed by atoms with Crippen molar-refractivity contribution in [1.82, 2.24) is 4.90 Å². The number of hydrogen-bond acceptors (Lipinski definition) is 3. The minimum absolute atomic E-state index is 0.0882. The number of carbonyl (C=O) groups is 2. The third-order valence-corrected chi connectivity index (χ3v) is 5.35. The molecular weight excluding hydrogens is 318 g/mol. The molecule has 0 radical (unpaired) electrons. The summed E-state index contributed by atoms with van der Waals surface area (Å²) in [5.74, 6) is -1.25.